The van der Waals surface area contributed by atoms with Crippen molar-refractivity contribution in [3.8, 4) is 16.8 Å². The van der Waals surface area contributed by atoms with Crippen molar-refractivity contribution in [1.82, 2.24) is 15.1 Å². The lowest BCUT2D eigenvalue weighted by atomic mass is 10.0. The van der Waals surface area contributed by atoms with Gasteiger partial charge in [-0.05, 0) is 54.3 Å². The van der Waals surface area contributed by atoms with E-state index in [1.807, 2.05) is 85.8 Å². The maximum absolute atomic E-state index is 13.3. The van der Waals surface area contributed by atoms with Gasteiger partial charge in [0, 0.05) is 6.42 Å². The van der Waals surface area contributed by atoms with E-state index < -0.39 is 23.6 Å². The lowest BCUT2D eigenvalue weighted by molar-refractivity contribution is -0.137. The molecule has 2 amide bonds. The molecule has 1 aromatic heterocycles. The van der Waals surface area contributed by atoms with Gasteiger partial charge < -0.3 is 11.1 Å². The smallest absolute Gasteiger partial charge is 0.287 e. The Labute approximate surface area is 203 Å². The molecule has 1 heterocycles. The molecule has 7 nitrogen and oxygen atoms in total. The Bertz CT molecular complexity index is 1390. The summed E-state index contributed by atoms with van der Waals surface area (Å²) in [5, 5.41) is 7.20. The normalized spacial score (nSPS) is 11.6. The molecule has 0 bridgehead atoms. The number of nitrogens with one attached hydrogen (secondary N) is 1. The molecule has 35 heavy (non-hydrogen) atoms. The van der Waals surface area contributed by atoms with Crippen LogP contribution in [0.5, 0.6) is 0 Å². The predicted molar refractivity (Wildman–Crippen MR) is 134 cm³/mol. The number of aromatic nitrogens is 2. The molecule has 0 fully saturated rings. The van der Waals surface area contributed by atoms with Crippen molar-refractivity contribution in [2.45, 2.75) is 26.3 Å². The highest BCUT2D eigenvalue weighted by Gasteiger charge is 2.27. The number of carbonyl (C=O) groups excluding carboxylic acids is 3. The molecule has 3 aromatic carbocycles. The van der Waals surface area contributed by atoms with Crippen LogP contribution in [0.15, 0.2) is 84.9 Å². The number of nitrogens with two attached hydrogens (primary N) is 1. The van der Waals surface area contributed by atoms with E-state index in [0.717, 1.165) is 22.3 Å². The van der Waals surface area contributed by atoms with E-state index >= 15 is 0 Å². The zero-order chi connectivity index (χ0) is 24.9. The first kappa shape index (κ1) is 23.6. The zero-order valence-corrected chi connectivity index (χ0v) is 19.6. The topological polar surface area (TPSA) is 107 Å². The van der Waals surface area contributed by atoms with Gasteiger partial charge in [-0.25, -0.2) is 4.68 Å². The van der Waals surface area contributed by atoms with Crippen LogP contribution in [0.25, 0.3) is 16.8 Å². The molecule has 0 saturated carbocycles. The molecular formula is C28H26N4O3. The summed E-state index contributed by atoms with van der Waals surface area (Å²) in [4.78, 5) is 37.5. The molecule has 0 unspecified atom stereocenters. The second kappa shape index (κ2) is 10.2. The molecule has 7 heteroatoms. The minimum Gasteiger partial charge on any atom is -0.363 e. The Morgan fingerprint density at radius 3 is 2.34 bits per heavy atom. The number of Topliss-reactive ketones (excluding diaryl/α,β-unsaturated/α-hetero) is 1. The molecule has 0 aliphatic carbocycles. The third-order valence-electron chi connectivity index (χ3n) is 5.76. The number of amides is 2. The summed E-state index contributed by atoms with van der Waals surface area (Å²) in [6.45, 7) is 3.83. The summed E-state index contributed by atoms with van der Waals surface area (Å²) in [5.74, 6) is -2.48. The maximum Gasteiger partial charge on any atom is 0.287 e. The van der Waals surface area contributed by atoms with Crippen LogP contribution in [0.3, 0.4) is 0 Å². The van der Waals surface area contributed by atoms with Gasteiger partial charge in [0.1, 0.15) is 11.7 Å². The molecule has 176 valence electrons. The average Bonchev–Trinajstić information content (AvgIpc) is 3.26. The van der Waals surface area contributed by atoms with Crippen LogP contribution in [0.4, 0.5) is 0 Å². The van der Waals surface area contributed by atoms with Gasteiger partial charge in [0.05, 0.1) is 11.4 Å². The lowest BCUT2D eigenvalue weighted by Gasteiger charge is -2.17. The van der Waals surface area contributed by atoms with Crippen molar-refractivity contribution in [1.29, 1.82) is 0 Å². The van der Waals surface area contributed by atoms with Crippen LogP contribution in [0, 0.1) is 13.8 Å². The standard InChI is InChI=1S/C28H26N4O3/c1-18-9-6-7-14-23(18)21-12-8-13-22(17-21)32-25(15-19(2)31-32)28(35)30-24(26(33)27(29)34)16-20-10-4-3-5-11-20/h3-15,17,24H,16H2,1-2H3,(H2,29,34)(H,30,35)/t24-/m0/s1. The molecule has 0 aliphatic rings. The van der Waals surface area contributed by atoms with Gasteiger partial charge in [-0.3, -0.25) is 14.4 Å². The Morgan fingerprint density at radius 2 is 1.63 bits per heavy atom. The second-order valence-corrected chi connectivity index (χ2v) is 8.39. The van der Waals surface area contributed by atoms with Gasteiger partial charge in [-0.2, -0.15) is 5.10 Å². The molecule has 1 atom stereocenters. The maximum atomic E-state index is 13.3. The molecule has 4 rings (SSSR count). The molecule has 0 aliphatic heterocycles. The van der Waals surface area contributed by atoms with Gasteiger partial charge in [0.15, 0.2) is 0 Å². The number of aryl methyl sites for hydroxylation is 2. The highest BCUT2D eigenvalue weighted by Crippen LogP contribution is 2.25. The number of benzene rings is 3. The van der Waals surface area contributed by atoms with Crippen molar-refractivity contribution in [3.05, 3.63) is 107 Å². The Kier molecular flexibility index (Phi) is 6.87. The van der Waals surface area contributed by atoms with Gasteiger partial charge in [-0.15, -0.1) is 0 Å². The van der Waals surface area contributed by atoms with E-state index in [4.69, 9.17) is 5.73 Å². The highest BCUT2D eigenvalue weighted by molar-refractivity contribution is 6.38. The fourth-order valence-electron chi connectivity index (χ4n) is 4.02. The first-order valence-corrected chi connectivity index (χ1v) is 11.2. The summed E-state index contributed by atoms with van der Waals surface area (Å²) >= 11 is 0. The predicted octanol–water partition coefficient (Wildman–Crippen LogP) is 3.55. The zero-order valence-electron chi connectivity index (χ0n) is 19.6. The minimum absolute atomic E-state index is 0.143. The molecular weight excluding hydrogens is 440 g/mol. The monoisotopic (exact) mass is 466 g/mol. The van der Waals surface area contributed by atoms with E-state index in [1.165, 1.54) is 0 Å². The number of hydrogen-bond donors (Lipinski definition) is 2. The van der Waals surface area contributed by atoms with Crippen LogP contribution in [-0.2, 0) is 16.0 Å². The summed E-state index contributed by atoms with van der Waals surface area (Å²) in [6, 6.07) is 25.5. The van der Waals surface area contributed by atoms with Crippen LogP contribution in [0.1, 0.15) is 27.3 Å². The minimum atomic E-state index is -1.10. The van der Waals surface area contributed by atoms with E-state index in [0.29, 0.717) is 11.4 Å². The van der Waals surface area contributed by atoms with Crippen molar-refractivity contribution < 1.29 is 14.4 Å². The molecule has 4 aromatic rings. The van der Waals surface area contributed by atoms with E-state index in [2.05, 4.69) is 10.4 Å². The Morgan fingerprint density at radius 1 is 0.914 bits per heavy atom. The van der Waals surface area contributed by atoms with Crippen molar-refractivity contribution in [2.75, 3.05) is 0 Å². The highest BCUT2D eigenvalue weighted by atomic mass is 16.2. The number of nitrogens with zero attached hydrogens (tertiary/aromatic N) is 2. The number of carbonyl (C=O) groups is 3. The van der Waals surface area contributed by atoms with Crippen LogP contribution >= 0.6 is 0 Å². The number of rotatable bonds is 8. The SMILES string of the molecule is Cc1cc(C(=O)N[C@@H](Cc2ccccc2)C(=O)C(N)=O)n(-c2cccc(-c3ccccc3C)c2)n1. The first-order valence-electron chi connectivity index (χ1n) is 11.2. The quantitative estimate of drug-likeness (QED) is 0.387. The molecule has 0 radical (unpaired) electrons. The summed E-state index contributed by atoms with van der Waals surface area (Å²) in [6.07, 6.45) is 0.143. The lowest BCUT2D eigenvalue weighted by Crippen LogP contribution is -2.47. The van der Waals surface area contributed by atoms with Crippen LogP contribution in [-0.4, -0.2) is 33.4 Å². The van der Waals surface area contributed by atoms with Gasteiger partial charge in [-0.1, -0.05) is 66.7 Å². The molecule has 0 spiro atoms. The van der Waals surface area contributed by atoms with E-state index in [1.54, 1.807) is 17.7 Å². The van der Waals surface area contributed by atoms with Crippen LogP contribution < -0.4 is 11.1 Å². The third kappa shape index (κ3) is 5.35. The fraction of sp³-hybridized carbons (Fsp3) is 0.143. The molecule has 0 saturated heterocycles. The largest absolute Gasteiger partial charge is 0.363 e. The van der Waals surface area contributed by atoms with E-state index in [-0.39, 0.29) is 12.1 Å². The first-order chi connectivity index (χ1) is 16.8. The van der Waals surface area contributed by atoms with Crippen LogP contribution in [0.2, 0.25) is 0 Å². The third-order valence-corrected chi connectivity index (χ3v) is 5.76. The number of ketones is 1. The van der Waals surface area contributed by atoms with Crippen molar-refractivity contribution >= 4 is 17.6 Å². The van der Waals surface area contributed by atoms with Crippen molar-refractivity contribution in [2.24, 2.45) is 5.73 Å². The van der Waals surface area contributed by atoms with Crippen molar-refractivity contribution in [3.63, 3.8) is 0 Å². The number of hydrogen-bond acceptors (Lipinski definition) is 4. The second-order valence-electron chi connectivity index (χ2n) is 8.39. The molecule has 3 N–H and O–H groups in total. The summed E-state index contributed by atoms with van der Waals surface area (Å²) in [7, 11) is 0. The van der Waals surface area contributed by atoms with Gasteiger partial charge in [0.25, 0.3) is 11.8 Å². The Hall–Kier alpha value is -4.52. The van der Waals surface area contributed by atoms with Gasteiger partial charge >= 0.3 is 0 Å². The summed E-state index contributed by atoms with van der Waals surface area (Å²) in [5.41, 5.74) is 10.8. The average molecular weight is 467 g/mol. The van der Waals surface area contributed by atoms with Gasteiger partial charge in [0.2, 0.25) is 5.78 Å². The van der Waals surface area contributed by atoms with E-state index in [9.17, 15) is 14.4 Å². The fourth-order valence-corrected chi connectivity index (χ4v) is 4.02. The Balaban J connectivity index is 1.66. The summed E-state index contributed by atoms with van der Waals surface area (Å²) < 4.78 is 1.54. The number of primary amides is 1.